The first-order valence-electron chi connectivity index (χ1n) is 4.10. The van der Waals surface area contributed by atoms with Gasteiger partial charge in [-0.1, -0.05) is 13.0 Å². The molecule has 4 heteroatoms. The van der Waals surface area contributed by atoms with E-state index in [1.54, 1.807) is 6.07 Å². The van der Waals surface area contributed by atoms with E-state index in [1.807, 2.05) is 13.0 Å². The Morgan fingerprint density at radius 1 is 1.64 bits per heavy atom. The third-order valence-electron chi connectivity index (χ3n) is 1.98. The number of aryl methyl sites for hydroxylation is 1. The van der Waals surface area contributed by atoms with Crippen LogP contribution >= 0.6 is 12.6 Å². The summed E-state index contributed by atoms with van der Waals surface area (Å²) in [5.41, 5.74) is 0.986. The van der Waals surface area contributed by atoms with E-state index in [4.69, 9.17) is 10.4 Å². The van der Waals surface area contributed by atoms with Crippen LogP contribution in [0.2, 0.25) is 0 Å². The molecular weight excluding hydrogens is 198 g/mol. The molecule has 0 atom stereocenters. The molecule has 0 aliphatic rings. The van der Waals surface area contributed by atoms with Gasteiger partial charge in [0.1, 0.15) is 6.07 Å². The van der Waals surface area contributed by atoms with E-state index in [0.29, 0.717) is 11.3 Å². The van der Waals surface area contributed by atoms with Crippen molar-refractivity contribution in [1.82, 2.24) is 0 Å². The molecule has 1 rings (SSSR count). The van der Waals surface area contributed by atoms with E-state index < -0.39 is 5.97 Å². The zero-order valence-electron chi connectivity index (χ0n) is 7.61. The summed E-state index contributed by atoms with van der Waals surface area (Å²) < 4.78 is 0. The Balaban J connectivity index is 3.49. The number of rotatable bonds is 2. The Morgan fingerprint density at radius 3 is 2.71 bits per heavy atom. The molecule has 0 heterocycles. The van der Waals surface area contributed by atoms with Gasteiger partial charge < -0.3 is 5.11 Å². The van der Waals surface area contributed by atoms with Crippen LogP contribution < -0.4 is 0 Å². The highest BCUT2D eigenvalue weighted by molar-refractivity contribution is 7.80. The number of carbonyl (C=O) groups is 1. The Bertz CT molecular complexity index is 421. The quantitative estimate of drug-likeness (QED) is 0.730. The van der Waals surface area contributed by atoms with Gasteiger partial charge in [-0.2, -0.15) is 5.26 Å². The number of hydrogen-bond donors (Lipinski definition) is 2. The lowest BCUT2D eigenvalue weighted by atomic mass is 10.0. The Morgan fingerprint density at radius 2 is 2.29 bits per heavy atom. The van der Waals surface area contributed by atoms with Gasteiger partial charge in [-0.25, -0.2) is 4.79 Å². The van der Waals surface area contributed by atoms with Crippen molar-refractivity contribution in [1.29, 1.82) is 5.26 Å². The number of thiol groups is 1. The van der Waals surface area contributed by atoms with Gasteiger partial charge in [-0.05, 0) is 18.1 Å². The monoisotopic (exact) mass is 207 g/mol. The molecule has 0 aliphatic heterocycles. The maximum absolute atomic E-state index is 10.9. The van der Waals surface area contributed by atoms with E-state index in [0.717, 1.165) is 5.56 Å². The van der Waals surface area contributed by atoms with Crippen molar-refractivity contribution in [3.63, 3.8) is 0 Å². The summed E-state index contributed by atoms with van der Waals surface area (Å²) in [6.45, 7) is 1.91. The van der Waals surface area contributed by atoms with E-state index in [2.05, 4.69) is 12.6 Å². The first kappa shape index (κ1) is 10.6. The van der Waals surface area contributed by atoms with E-state index in [1.165, 1.54) is 6.07 Å². The lowest BCUT2D eigenvalue weighted by Crippen LogP contribution is -2.04. The second kappa shape index (κ2) is 4.16. The maximum atomic E-state index is 10.9. The van der Waals surface area contributed by atoms with Crippen molar-refractivity contribution in [3.05, 3.63) is 28.8 Å². The number of nitriles is 1. The van der Waals surface area contributed by atoms with Crippen molar-refractivity contribution >= 4 is 18.6 Å². The topological polar surface area (TPSA) is 61.1 Å². The van der Waals surface area contributed by atoms with Crippen molar-refractivity contribution < 1.29 is 9.90 Å². The van der Waals surface area contributed by atoms with Crippen LogP contribution in [0.4, 0.5) is 0 Å². The summed E-state index contributed by atoms with van der Waals surface area (Å²) in [7, 11) is 0. The van der Waals surface area contributed by atoms with Crippen molar-refractivity contribution in [3.8, 4) is 6.07 Å². The van der Waals surface area contributed by atoms with Gasteiger partial charge in [0.05, 0.1) is 11.1 Å². The van der Waals surface area contributed by atoms with Gasteiger partial charge in [0.2, 0.25) is 0 Å². The highest BCUT2D eigenvalue weighted by Gasteiger charge is 2.15. The Hall–Kier alpha value is -1.47. The molecule has 1 aromatic rings. The number of hydrogen-bond acceptors (Lipinski definition) is 3. The summed E-state index contributed by atoms with van der Waals surface area (Å²) in [5, 5.41) is 17.6. The highest BCUT2D eigenvalue weighted by Crippen LogP contribution is 2.23. The highest BCUT2D eigenvalue weighted by atomic mass is 32.1. The van der Waals surface area contributed by atoms with E-state index in [-0.39, 0.29) is 11.1 Å². The maximum Gasteiger partial charge on any atom is 0.338 e. The zero-order valence-corrected chi connectivity index (χ0v) is 8.51. The Labute approximate surface area is 87.4 Å². The van der Waals surface area contributed by atoms with E-state index in [9.17, 15) is 4.79 Å². The summed E-state index contributed by atoms with van der Waals surface area (Å²) in [4.78, 5) is 11.3. The predicted molar refractivity (Wildman–Crippen MR) is 54.7 cm³/mol. The third kappa shape index (κ3) is 1.73. The fraction of sp³-hybridized carbons (Fsp3) is 0.200. The van der Waals surface area contributed by atoms with Crippen molar-refractivity contribution in [2.45, 2.75) is 18.2 Å². The summed E-state index contributed by atoms with van der Waals surface area (Å²) in [6.07, 6.45) is 0.699. The van der Waals surface area contributed by atoms with Crippen LogP contribution in [0, 0.1) is 11.3 Å². The molecule has 0 radical (unpaired) electrons. The van der Waals surface area contributed by atoms with Crippen LogP contribution in [0.3, 0.4) is 0 Å². The van der Waals surface area contributed by atoms with Gasteiger partial charge in [0.25, 0.3) is 0 Å². The smallest absolute Gasteiger partial charge is 0.338 e. The minimum atomic E-state index is -1.11. The minimum absolute atomic E-state index is 0.00446. The first-order chi connectivity index (χ1) is 6.61. The molecule has 0 aliphatic carbocycles. The molecule has 1 aromatic carbocycles. The van der Waals surface area contributed by atoms with Crippen LogP contribution in [0.5, 0.6) is 0 Å². The number of carboxylic acid groups (broad SMARTS) is 1. The average Bonchev–Trinajstić information content (AvgIpc) is 2.16. The van der Waals surface area contributed by atoms with Crippen molar-refractivity contribution in [2.24, 2.45) is 0 Å². The summed E-state index contributed by atoms with van der Waals surface area (Å²) in [6, 6.07) is 5.08. The lowest BCUT2D eigenvalue weighted by molar-refractivity contribution is 0.0692. The SMILES string of the molecule is CCc1ccc(C#N)c(C(=O)O)c1S. The van der Waals surface area contributed by atoms with Gasteiger partial charge in [0.15, 0.2) is 0 Å². The Kier molecular flexibility index (Phi) is 3.15. The molecule has 0 bridgehead atoms. The fourth-order valence-electron chi connectivity index (χ4n) is 1.23. The van der Waals surface area contributed by atoms with Crippen LogP contribution in [0.25, 0.3) is 0 Å². The molecule has 14 heavy (non-hydrogen) atoms. The van der Waals surface area contributed by atoms with Crippen LogP contribution in [0.15, 0.2) is 17.0 Å². The molecule has 0 saturated carbocycles. The molecule has 0 unspecified atom stereocenters. The molecule has 0 spiro atoms. The summed E-state index contributed by atoms with van der Waals surface area (Å²) in [5.74, 6) is -1.11. The number of nitrogens with zero attached hydrogens (tertiary/aromatic N) is 1. The van der Waals surface area contributed by atoms with Crippen LogP contribution in [-0.4, -0.2) is 11.1 Å². The first-order valence-corrected chi connectivity index (χ1v) is 4.54. The van der Waals surface area contributed by atoms with Crippen molar-refractivity contribution in [2.75, 3.05) is 0 Å². The number of aromatic carboxylic acids is 1. The molecule has 1 N–H and O–H groups in total. The van der Waals surface area contributed by atoms with Crippen LogP contribution in [-0.2, 0) is 6.42 Å². The third-order valence-corrected chi connectivity index (χ3v) is 2.49. The van der Waals surface area contributed by atoms with Gasteiger partial charge in [-0.15, -0.1) is 12.6 Å². The van der Waals surface area contributed by atoms with E-state index >= 15 is 0 Å². The molecule has 0 amide bonds. The fourth-order valence-corrected chi connectivity index (χ4v) is 1.68. The molecule has 0 fully saturated rings. The molecule has 0 saturated heterocycles. The minimum Gasteiger partial charge on any atom is -0.478 e. The second-order valence-corrected chi connectivity index (χ2v) is 3.21. The lowest BCUT2D eigenvalue weighted by Gasteiger charge is -2.06. The normalized spacial score (nSPS) is 9.50. The largest absolute Gasteiger partial charge is 0.478 e. The van der Waals surface area contributed by atoms with Gasteiger partial charge in [-0.3, -0.25) is 0 Å². The molecule has 3 nitrogen and oxygen atoms in total. The summed E-state index contributed by atoms with van der Waals surface area (Å²) >= 11 is 4.12. The number of benzene rings is 1. The zero-order chi connectivity index (χ0) is 10.7. The standard InChI is InChI=1S/C10H9NO2S/c1-2-6-3-4-7(5-11)8(9(6)14)10(12)13/h3-4,14H,2H2,1H3,(H,12,13). The molecular formula is C10H9NO2S. The van der Waals surface area contributed by atoms with Gasteiger partial charge in [0, 0.05) is 4.90 Å². The number of carboxylic acids is 1. The predicted octanol–water partition coefficient (Wildman–Crippen LogP) is 2.11. The van der Waals surface area contributed by atoms with Gasteiger partial charge >= 0.3 is 5.97 Å². The molecule has 0 aromatic heterocycles. The second-order valence-electron chi connectivity index (χ2n) is 2.77. The van der Waals surface area contributed by atoms with Crippen LogP contribution in [0.1, 0.15) is 28.4 Å². The average molecular weight is 207 g/mol. The molecule has 72 valence electrons.